The van der Waals surface area contributed by atoms with E-state index in [1.807, 2.05) is 0 Å². The van der Waals surface area contributed by atoms with E-state index in [2.05, 4.69) is 36.9 Å². The number of urea groups is 1. The van der Waals surface area contributed by atoms with Crippen molar-refractivity contribution in [1.29, 1.82) is 0 Å². The van der Waals surface area contributed by atoms with Gasteiger partial charge >= 0.3 is 6.03 Å². The first-order chi connectivity index (χ1) is 33.9. The van der Waals surface area contributed by atoms with Crippen LogP contribution in [-0.2, 0) is 54.4 Å². The molecule has 0 bridgehead atoms. The van der Waals surface area contributed by atoms with Crippen LogP contribution < -0.4 is 66.3 Å². The highest BCUT2D eigenvalue weighted by molar-refractivity contribution is 8.76. The molecule has 2 fully saturated rings. The van der Waals surface area contributed by atoms with E-state index < -0.39 is 144 Å². The molecule has 1 aromatic carbocycles. The van der Waals surface area contributed by atoms with Gasteiger partial charge in [-0.15, -0.1) is 0 Å². The number of aliphatic imine (C=N–C) groups is 1. The zero-order valence-electron chi connectivity index (χ0n) is 40.3. The van der Waals surface area contributed by atoms with Gasteiger partial charge in [-0.25, -0.2) is 4.79 Å². The minimum atomic E-state index is -1.89. The number of hydrogen-bond acceptors (Lipinski definition) is 17. The SMILES string of the molecule is CCC(C)C1NC(=O)C(Cc2ccc(O)cc2)NC(=O)C(N)CSSCC(C(=O)N(C(=O)C2CCCN2)C(CCCN=C(N)N)C(=O)N(C)C(N)=O)NC(=O)C(CC(N)=O)NC(=O)C(CCC(N)=O)NC1=O. The maximum absolute atomic E-state index is 15.1. The van der Waals surface area contributed by atoms with E-state index in [0.717, 1.165) is 28.6 Å². The molecule has 27 nitrogen and oxygen atoms in total. The highest BCUT2D eigenvalue weighted by atomic mass is 33.1. The molecule has 398 valence electrons. The fraction of sp³-hybridized carbons (Fsp3) is 0.581. The van der Waals surface area contributed by atoms with Crippen molar-refractivity contribution >= 4 is 92.7 Å². The number of nitrogens with zero attached hydrogens (tertiary/aromatic N) is 3. The molecule has 0 radical (unpaired) electrons. The summed E-state index contributed by atoms with van der Waals surface area (Å²) in [7, 11) is 2.85. The average molecular weight is 1050 g/mol. The number of hydrogen-bond donors (Lipinski definition) is 13. The summed E-state index contributed by atoms with van der Waals surface area (Å²) in [5.41, 5.74) is 34.2. The molecular weight excluding hydrogens is 983 g/mol. The van der Waals surface area contributed by atoms with E-state index in [1.54, 1.807) is 13.8 Å². The molecule has 0 aliphatic carbocycles. The quantitative estimate of drug-likeness (QED) is 0.0229. The van der Waals surface area contributed by atoms with Crippen LogP contribution in [0.3, 0.4) is 0 Å². The lowest BCUT2D eigenvalue weighted by molar-refractivity contribution is -0.156. The van der Waals surface area contributed by atoms with E-state index in [0.29, 0.717) is 34.7 Å². The third-order valence-electron chi connectivity index (χ3n) is 11.7. The maximum Gasteiger partial charge on any atom is 0.321 e. The van der Waals surface area contributed by atoms with E-state index in [4.69, 9.17) is 34.4 Å². The minimum Gasteiger partial charge on any atom is -0.508 e. The van der Waals surface area contributed by atoms with Crippen LogP contribution in [0.1, 0.15) is 70.8 Å². The van der Waals surface area contributed by atoms with Gasteiger partial charge in [0, 0.05) is 37.9 Å². The summed E-state index contributed by atoms with van der Waals surface area (Å²) in [6.45, 7) is 3.63. The maximum atomic E-state index is 15.1. The predicted molar refractivity (Wildman–Crippen MR) is 265 cm³/mol. The molecule has 2 heterocycles. The number of rotatable bonds is 17. The Kier molecular flexibility index (Phi) is 24.0. The summed E-state index contributed by atoms with van der Waals surface area (Å²) in [6.07, 6.45) is -1.27. The van der Waals surface area contributed by atoms with Gasteiger partial charge in [-0.1, -0.05) is 54.0 Å². The van der Waals surface area contributed by atoms with E-state index in [9.17, 15) is 53.1 Å². The predicted octanol–water partition coefficient (Wildman–Crippen LogP) is -4.67. The molecule has 12 amide bonds. The molecule has 0 spiro atoms. The Morgan fingerprint density at radius 2 is 1.38 bits per heavy atom. The third kappa shape index (κ3) is 18.5. The molecule has 19 N–H and O–H groups in total. The molecule has 0 saturated carbocycles. The lowest BCUT2D eigenvalue weighted by Crippen LogP contribution is -2.63. The first-order valence-electron chi connectivity index (χ1n) is 23.0. The number of primary amides is 3. The highest BCUT2D eigenvalue weighted by Crippen LogP contribution is 2.26. The van der Waals surface area contributed by atoms with Crippen molar-refractivity contribution in [2.24, 2.45) is 45.3 Å². The normalized spacial score (nSPS) is 23.6. The van der Waals surface area contributed by atoms with Gasteiger partial charge in [0.2, 0.25) is 47.3 Å². The average Bonchev–Trinajstić information content (AvgIpc) is 3.87. The van der Waals surface area contributed by atoms with Crippen molar-refractivity contribution in [3.05, 3.63) is 29.8 Å². The number of guanidine groups is 1. The molecule has 3 rings (SSSR count). The van der Waals surface area contributed by atoms with Crippen molar-refractivity contribution in [2.75, 3.05) is 31.6 Å². The van der Waals surface area contributed by atoms with Crippen LogP contribution in [0.25, 0.3) is 0 Å². The number of likely N-dealkylation sites (N-methyl/N-ethyl adjacent to an activating group) is 1. The van der Waals surface area contributed by atoms with Crippen molar-refractivity contribution in [3.63, 3.8) is 0 Å². The van der Waals surface area contributed by atoms with E-state index in [-0.39, 0.29) is 49.7 Å². The molecule has 0 aromatic heterocycles. The van der Waals surface area contributed by atoms with Crippen molar-refractivity contribution in [3.8, 4) is 5.75 Å². The number of carbonyl (C=O) groups is 11. The Balaban J connectivity index is 2.22. The van der Waals surface area contributed by atoms with Crippen LogP contribution >= 0.6 is 21.6 Å². The Hall–Kier alpha value is -6.72. The number of aromatic hydroxyl groups is 1. The zero-order valence-corrected chi connectivity index (χ0v) is 41.9. The van der Waals surface area contributed by atoms with Gasteiger partial charge < -0.3 is 71.4 Å². The molecular formula is C43H67N15O12S2. The molecule has 72 heavy (non-hydrogen) atoms. The molecule has 9 atom stereocenters. The fourth-order valence-corrected chi connectivity index (χ4v) is 9.68. The van der Waals surface area contributed by atoms with Gasteiger partial charge in [-0.05, 0) is 62.3 Å². The van der Waals surface area contributed by atoms with Gasteiger partial charge in [0.25, 0.3) is 11.8 Å². The zero-order chi connectivity index (χ0) is 53.8. The third-order valence-corrected chi connectivity index (χ3v) is 14.1. The number of nitrogens with one attached hydrogen (secondary N) is 6. The van der Waals surface area contributed by atoms with Crippen molar-refractivity contribution < 1.29 is 57.8 Å². The summed E-state index contributed by atoms with van der Waals surface area (Å²) >= 11 is 0. The number of carbonyl (C=O) groups excluding carboxylic acids is 11. The van der Waals surface area contributed by atoms with Crippen LogP contribution in [0.2, 0.25) is 0 Å². The Morgan fingerprint density at radius 1 is 0.778 bits per heavy atom. The summed E-state index contributed by atoms with van der Waals surface area (Å²) in [5, 5.41) is 25.4. The van der Waals surface area contributed by atoms with Gasteiger partial charge in [0.05, 0.1) is 18.5 Å². The second-order valence-electron chi connectivity index (χ2n) is 17.2. The summed E-state index contributed by atoms with van der Waals surface area (Å²) in [4.78, 5) is 156. The number of nitrogens with two attached hydrogens (primary N) is 6. The lowest BCUT2D eigenvalue weighted by Gasteiger charge is -2.35. The summed E-state index contributed by atoms with van der Waals surface area (Å²) in [6, 6.07) is -7.62. The van der Waals surface area contributed by atoms with E-state index in [1.165, 1.54) is 24.3 Å². The van der Waals surface area contributed by atoms with Gasteiger partial charge in [0.15, 0.2) is 5.96 Å². The Bertz CT molecular complexity index is 2180. The minimum absolute atomic E-state index is 0.0205. The van der Waals surface area contributed by atoms with E-state index >= 15 is 4.79 Å². The molecule has 2 saturated heterocycles. The molecule has 9 unspecified atom stereocenters. The molecule has 2 aliphatic heterocycles. The molecule has 2 aliphatic rings. The largest absolute Gasteiger partial charge is 0.508 e. The number of imide groups is 2. The number of amides is 12. The first-order valence-corrected chi connectivity index (χ1v) is 25.5. The second-order valence-corrected chi connectivity index (χ2v) is 19.8. The smallest absolute Gasteiger partial charge is 0.321 e. The van der Waals surface area contributed by atoms with Gasteiger partial charge in [-0.3, -0.25) is 62.7 Å². The monoisotopic (exact) mass is 1050 g/mol. The summed E-state index contributed by atoms with van der Waals surface area (Å²) < 4.78 is 0. The van der Waals surface area contributed by atoms with Crippen molar-refractivity contribution in [2.45, 2.75) is 120 Å². The fourth-order valence-electron chi connectivity index (χ4n) is 7.41. The Morgan fingerprint density at radius 3 is 1.96 bits per heavy atom. The molecule has 1 aromatic rings. The van der Waals surface area contributed by atoms with Crippen LogP contribution in [0, 0.1) is 5.92 Å². The number of phenols is 1. The summed E-state index contributed by atoms with van der Waals surface area (Å²) in [5.74, 6) is -11.7. The van der Waals surface area contributed by atoms with Gasteiger partial charge in [0.1, 0.15) is 42.0 Å². The second kappa shape index (κ2) is 29.0. The number of phenolic OH excluding ortho intramolecular Hbond substituents is 1. The van der Waals surface area contributed by atoms with Gasteiger partial charge in [-0.2, -0.15) is 0 Å². The standard InChI is InChI=1S/C43H67N15O12S2/c1-4-21(2)33-38(66)52-25(13-14-31(45)60)35(63)54-28(18-32(46)61)36(64)55-29(20-72-71-19-24(44)34(62)53-27(37(65)56-33)17-22-9-11-23(59)12-10-22)40(68)58(39(67)26-7-5-15-50-26)30(8-6-16-51-42(47)48)41(69)57(3)43(49)70/h9-12,21,24-30,33,50,59H,4-8,13-20,44H2,1-3H3,(H2,45,60)(H2,46,61)(H2,49,70)(H,52,66)(H,53,62)(H,54,63)(H,55,64)(H,56,65)(H4,47,48,51). The highest BCUT2D eigenvalue weighted by Gasteiger charge is 2.44. The lowest BCUT2D eigenvalue weighted by atomic mass is 9.96. The Labute approximate surface area is 423 Å². The van der Waals surface area contributed by atoms with Crippen LogP contribution in [-0.4, -0.2) is 166 Å². The number of benzene rings is 1. The van der Waals surface area contributed by atoms with Crippen LogP contribution in [0.5, 0.6) is 5.75 Å². The van der Waals surface area contributed by atoms with Crippen LogP contribution in [0.4, 0.5) is 4.79 Å². The first kappa shape index (κ1) is 59.6. The van der Waals surface area contributed by atoms with Crippen molar-refractivity contribution in [1.82, 2.24) is 41.7 Å². The topological polar surface area (TPSA) is 455 Å². The molecule has 29 heteroatoms. The van der Waals surface area contributed by atoms with Crippen LogP contribution in [0.15, 0.2) is 29.3 Å².